The van der Waals surface area contributed by atoms with Crippen molar-refractivity contribution >= 4 is 61.4 Å². The maximum absolute atomic E-state index is 5.20. The van der Waals surface area contributed by atoms with Gasteiger partial charge in [-0.2, -0.15) is 0 Å². The minimum absolute atomic E-state index is 0.944. The number of para-hydroxylation sites is 1. The van der Waals surface area contributed by atoms with Crippen LogP contribution in [-0.2, 0) is 0 Å². The van der Waals surface area contributed by atoms with Crippen molar-refractivity contribution in [2.45, 2.75) is 6.92 Å². The van der Waals surface area contributed by atoms with E-state index in [0.717, 1.165) is 28.1 Å². The third-order valence-electron chi connectivity index (χ3n) is 12.5. The van der Waals surface area contributed by atoms with Crippen LogP contribution < -0.4 is 20.7 Å². The zero-order valence-electron chi connectivity index (χ0n) is 33.9. The van der Waals surface area contributed by atoms with Crippen molar-refractivity contribution < 1.29 is 0 Å². The van der Waals surface area contributed by atoms with Gasteiger partial charge in [0.05, 0.1) is 11.0 Å². The van der Waals surface area contributed by atoms with Gasteiger partial charge in [0, 0.05) is 11.3 Å². The molecule has 11 aromatic rings. The summed E-state index contributed by atoms with van der Waals surface area (Å²) in [5.74, 6) is 0.944. The van der Waals surface area contributed by atoms with Gasteiger partial charge >= 0.3 is 0 Å². The van der Waals surface area contributed by atoms with Crippen LogP contribution in [0.5, 0.6) is 0 Å². The van der Waals surface area contributed by atoms with E-state index in [-0.39, 0.29) is 0 Å². The van der Waals surface area contributed by atoms with Crippen molar-refractivity contribution in [2.75, 3.05) is 0 Å². The lowest BCUT2D eigenvalue weighted by atomic mass is 9.86. The third kappa shape index (κ3) is 6.05. The smallest absolute Gasteiger partial charge is 0.179 e. The second kappa shape index (κ2) is 15.2. The van der Waals surface area contributed by atoms with E-state index in [9.17, 15) is 0 Å². The number of benzene rings is 10. The lowest BCUT2D eigenvalue weighted by molar-refractivity contribution is 1.10. The molecule has 1 heterocycles. The monoisotopic (exact) mass is 794 g/mol. The Morgan fingerprint density at radius 3 is 1.31 bits per heavy atom. The topological polar surface area (TPSA) is 17.8 Å². The fourth-order valence-electron chi connectivity index (χ4n) is 9.78. The molecule has 0 bridgehead atoms. The van der Waals surface area contributed by atoms with Gasteiger partial charge in [-0.25, -0.2) is 4.98 Å². The van der Waals surface area contributed by atoms with Crippen LogP contribution in [0.1, 0.15) is 5.56 Å². The Morgan fingerprint density at radius 1 is 0.361 bits per heavy atom. The van der Waals surface area contributed by atoms with E-state index in [1.807, 2.05) is 0 Å². The maximum atomic E-state index is 5.20. The van der Waals surface area contributed by atoms with Crippen molar-refractivity contribution in [3.8, 4) is 39.3 Å². The summed E-state index contributed by atoms with van der Waals surface area (Å²) >= 11 is 0. The molecular formula is C58H42N2Si. The first-order valence-electron chi connectivity index (χ1n) is 21.1. The highest BCUT2D eigenvalue weighted by molar-refractivity contribution is 7.19. The van der Waals surface area contributed by atoms with Gasteiger partial charge in [-0.3, -0.25) is 4.57 Å². The van der Waals surface area contributed by atoms with Gasteiger partial charge in [-0.1, -0.05) is 218 Å². The molecule has 0 atom stereocenters. The summed E-state index contributed by atoms with van der Waals surface area (Å²) in [4.78, 5) is 5.20. The Morgan fingerprint density at radius 2 is 0.787 bits per heavy atom. The van der Waals surface area contributed by atoms with E-state index in [4.69, 9.17) is 4.98 Å². The van der Waals surface area contributed by atoms with Gasteiger partial charge < -0.3 is 0 Å². The Balaban J connectivity index is 1.11. The molecular weight excluding hydrogens is 753 g/mol. The van der Waals surface area contributed by atoms with E-state index in [0.29, 0.717) is 0 Å². The van der Waals surface area contributed by atoms with Crippen LogP contribution in [0.15, 0.2) is 237 Å². The molecule has 3 heteroatoms. The molecule has 10 aromatic carbocycles. The zero-order chi connectivity index (χ0) is 40.8. The lowest BCUT2D eigenvalue weighted by Crippen LogP contribution is -2.74. The molecule has 2 nitrogen and oxygen atoms in total. The quantitative estimate of drug-likeness (QED) is 0.0851. The van der Waals surface area contributed by atoms with Crippen LogP contribution in [0.2, 0.25) is 0 Å². The summed E-state index contributed by atoms with van der Waals surface area (Å²) in [7, 11) is -2.74. The largest absolute Gasteiger partial charge is 0.292 e. The van der Waals surface area contributed by atoms with E-state index in [1.54, 1.807) is 0 Å². The Kier molecular flexibility index (Phi) is 9.10. The van der Waals surface area contributed by atoms with Crippen molar-refractivity contribution in [2.24, 2.45) is 0 Å². The molecule has 1 aromatic heterocycles. The van der Waals surface area contributed by atoms with E-state index in [2.05, 4.69) is 248 Å². The van der Waals surface area contributed by atoms with Gasteiger partial charge in [0.2, 0.25) is 0 Å². The SMILES string of the molecule is Cc1cccc2c1nc(-c1ccccc1)n2-c1ccc(-c2c3ccccc3c(-c3cccc([Si](c4ccccc4)(c4ccccc4)c4ccccc4)c3)c3ccccc23)cc1. The first-order valence-corrected chi connectivity index (χ1v) is 23.1. The van der Waals surface area contributed by atoms with Crippen molar-refractivity contribution in [1.82, 2.24) is 9.55 Å². The van der Waals surface area contributed by atoms with Gasteiger partial charge in [0.1, 0.15) is 5.82 Å². The Bertz CT molecular complexity index is 3190. The molecule has 0 radical (unpaired) electrons. The summed E-state index contributed by atoms with van der Waals surface area (Å²) in [6.45, 7) is 2.14. The summed E-state index contributed by atoms with van der Waals surface area (Å²) in [6, 6.07) is 87.0. The second-order valence-corrected chi connectivity index (χ2v) is 19.7. The van der Waals surface area contributed by atoms with Crippen LogP contribution in [0, 0.1) is 6.92 Å². The standard InChI is InChI=1S/C58H42N2Si/c1-41-20-18-35-54-57(41)59-58(43-21-6-2-7-22-43)60(54)45-38-36-42(37-39-45)55-50-31-14-16-33-52(50)56(53-34-17-15-32-51(53)55)44-23-19-30-49(40-44)61(46-24-8-3-9-25-46,47-26-10-4-11-27-47)48-28-12-5-13-29-48/h2-40H,1H3. The summed E-state index contributed by atoms with van der Waals surface area (Å²) < 4.78 is 2.30. The molecule has 0 aliphatic carbocycles. The zero-order valence-corrected chi connectivity index (χ0v) is 34.9. The number of nitrogens with zero attached hydrogens (tertiary/aromatic N) is 2. The van der Waals surface area contributed by atoms with Crippen molar-refractivity contribution in [1.29, 1.82) is 0 Å². The number of aryl methyl sites for hydroxylation is 1. The number of rotatable bonds is 8. The van der Waals surface area contributed by atoms with Crippen LogP contribution in [-0.4, -0.2) is 17.6 Å². The number of fused-ring (bicyclic) bond motifs is 3. The number of imidazole rings is 1. The third-order valence-corrected chi connectivity index (χ3v) is 17.2. The molecule has 11 rings (SSSR count). The van der Waals surface area contributed by atoms with Crippen LogP contribution in [0.4, 0.5) is 0 Å². The minimum atomic E-state index is -2.74. The van der Waals surface area contributed by atoms with E-state index < -0.39 is 8.07 Å². The average Bonchev–Trinajstić information content (AvgIpc) is 3.74. The van der Waals surface area contributed by atoms with Crippen LogP contribution in [0.25, 0.3) is 71.9 Å². The highest BCUT2D eigenvalue weighted by Gasteiger charge is 2.41. The Hall–Kier alpha value is -7.59. The molecule has 288 valence electrons. The van der Waals surface area contributed by atoms with Crippen molar-refractivity contribution in [3.05, 3.63) is 242 Å². The van der Waals surface area contributed by atoms with Gasteiger partial charge in [-0.15, -0.1) is 0 Å². The average molecular weight is 795 g/mol. The van der Waals surface area contributed by atoms with Crippen LogP contribution >= 0.6 is 0 Å². The highest BCUT2D eigenvalue weighted by Crippen LogP contribution is 2.44. The molecule has 0 unspecified atom stereocenters. The summed E-state index contributed by atoms with van der Waals surface area (Å²) in [5, 5.41) is 10.4. The molecule has 0 spiro atoms. The summed E-state index contributed by atoms with van der Waals surface area (Å²) in [5.41, 5.74) is 10.4. The minimum Gasteiger partial charge on any atom is -0.292 e. The van der Waals surface area contributed by atoms with Gasteiger partial charge in [0.15, 0.2) is 8.07 Å². The fraction of sp³-hybridized carbons (Fsp3) is 0.0172. The number of aromatic nitrogens is 2. The summed E-state index contributed by atoms with van der Waals surface area (Å²) in [6.07, 6.45) is 0. The van der Waals surface area contributed by atoms with E-state index in [1.165, 1.54) is 70.1 Å². The normalized spacial score (nSPS) is 11.7. The number of hydrogen-bond donors (Lipinski definition) is 0. The number of hydrogen-bond acceptors (Lipinski definition) is 1. The van der Waals surface area contributed by atoms with Crippen LogP contribution in [0.3, 0.4) is 0 Å². The fourth-order valence-corrected chi connectivity index (χ4v) is 14.6. The predicted octanol–water partition coefficient (Wildman–Crippen LogP) is 12.0. The first kappa shape index (κ1) is 36.5. The lowest BCUT2D eigenvalue weighted by Gasteiger charge is -2.34. The molecule has 0 saturated carbocycles. The van der Waals surface area contributed by atoms with Crippen molar-refractivity contribution in [3.63, 3.8) is 0 Å². The van der Waals surface area contributed by atoms with E-state index >= 15 is 0 Å². The molecule has 0 amide bonds. The predicted molar refractivity (Wildman–Crippen MR) is 261 cm³/mol. The molecule has 61 heavy (non-hydrogen) atoms. The second-order valence-electron chi connectivity index (χ2n) is 15.9. The molecule has 0 fully saturated rings. The molecule has 0 N–H and O–H groups in total. The van der Waals surface area contributed by atoms with Gasteiger partial charge in [0.25, 0.3) is 0 Å². The molecule has 0 aliphatic rings. The first-order chi connectivity index (χ1) is 30.2. The molecule has 0 aliphatic heterocycles. The molecule has 0 saturated heterocycles. The van der Waals surface area contributed by atoms with Gasteiger partial charge in [-0.05, 0) is 95.2 Å². The Labute approximate surface area is 357 Å². The maximum Gasteiger partial charge on any atom is 0.179 e. The highest BCUT2D eigenvalue weighted by atomic mass is 28.3.